The van der Waals surface area contributed by atoms with Crippen LogP contribution in [0.4, 0.5) is 11.6 Å². The first-order valence-corrected chi connectivity index (χ1v) is 7.83. The fraction of sp³-hybridized carbons (Fsp3) is 0.400. The number of thioether (sulfide) groups is 1. The van der Waals surface area contributed by atoms with E-state index in [0.29, 0.717) is 0 Å². The molecule has 1 saturated heterocycles. The Hall–Kier alpha value is -1.42. The van der Waals surface area contributed by atoms with Crippen molar-refractivity contribution in [1.82, 2.24) is 9.55 Å². The molecule has 3 rings (SSSR count). The van der Waals surface area contributed by atoms with Crippen molar-refractivity contribution in [1.29, 1.82) is 0 Å². The zero-order valence-corrected chi connectivity index (χ0v) is 12.0. The summed E-state index contributed by atoms with van der Waals surface area (Å²) >= 11 is 2.09. The maximum Gasteiger partial charge on any atom is 0.207 e. The van der Waals surface area contributed by atoms with Crippen LogP contribution in [0.3, 0.4) is 0 Å². The van der Waals surface area contributed by atoms with Crippen LogP contribution in [0, 0.1) is 6.92 Å². The molecular formula is C15H19N3S. The predicted molar refractivity (Wildman–Crippen MR) is 82.2 cm³/mol. The van der Waals surface area contributed by atoms with Crippen LogP contribution in [0.25, 0.3) is 0 Å². The fourth-order valence-electron chi connectivity index (χ4n) is 2.44. The van der Waals surface area contributed by atoms with Crippen LogP contribution in [0.1, 0.15) is 18.5 Å². The lowest BCUT2D eigenvalue weighted by atomic mass is 10.2. The first-order valence-electron chi connectivity index (χ1n) is 6.79. The highest BCUT2D eigenvalue weighted by Gasteiger charge is 2.17. The Labute approximate surface area is 118 Å². The van der Waals surface area contributed by atoms with Gasteiger partial charge in [-0.1, -0.05) is 18.2 Å². The van der Waals surface area contributed by atoms with Gasteiger partial charge in [0.05, 0.1) is 5.69 Å². The summed E-state index contributed by atoms with van der Waals surface area (Å²) in [7, 11) is 0. The smallest absolute Gasteiger partial charge is 0.207 e. The first-order chi connectivity index (χ1) is 9.31. The maximum absolute atomic E-state index is 4.59. The number of aromatic nitrogens is 2. The number of benzene rings is 1. The van der Waals surface area contributed by atoms with Gasteiger partial charge in [0.15, 0.2) is 0 Å². The minimum Gasteiger partial charge on any atom is -0.326 e. The molecule has 1 aromatic carbocycles. The van der Waals surface area contributed by atoms with Crippen molar-refractivity contribution in [3.8, 4) is 0 Å². The standard InChI is InChI=1S/C15H19N3S/c1-12-10-18(11-14-8-5-9-19-14)15(16-12)17-13-6-3-2-4-7-13/h2-4,6-7,10,14H,5,8-9,11H2,1H3,(H,16,17). The molecule has 1 aromatic heterocycles. The van der Waals surface area contributed by atoms with E-state index < -0.39 is 0 Å². The highest BCUT2D eigenvalue weighted by atomic mass is 32.2. The zero-order valence-electron chi connectivity index (χ0n) is 11.2. The summed E-state index contributed by atoms with van der Waals surface area (Å²) in [4.78, 5) is 4.59. The maximum atomic E-state index is 4.59. The highest BCUT2D eigenvalue weighted by molar-refractivity contribution is 8.00. The van der Waals surface area contributed by atoms with Crippen molar-refractivity contribution in [3.63, 3.8) is 0 Å². The lowest BCUT2D eigenvalue weighted by Crippen LogP contribution is -2.11. The van der Waals surface area contributed by atoms with Gasteiger partial charge in [-0.3, -0.25) is 0 Å². The molecule has 0 saturated carbocycles. The molecule has 0 bridgehead atoms. The second-order valence-corrected chi connectivity index (χ2v) is 6.39. The van der Waals surface area contributed by atoms with Crippen LogP contribution in [0.2, 0.25) is 0 Å². The lowest BCUT2D eigenvalue weighted by Gasteiger charge is -2.13. The molecule has 1 fully saturated rings. The van der Waals surface area contributed by atoms with Gasteiger partial charge in [-0.2, -0.15) is 11.8 Å². The highest BCUT2D eigenvalue weighted by Crippen LogP contribution is 2.28. The topological polar surface area (TPSA) is 29.9 Å². The van der Waals surface area contributed by atoms with Crippen molar-refractivity contribution in [3.05, 3.63) is 42.2 Å². The molecule has 3 nitrogen and oxygen atoms in total. The average Bonchev–Trinajstić information content (AvgIpc) is 3.02. The molecule has 1 unspecified atom stereocenters. The number of nitrogens with one attached hydrogen (secondary N) is 1. The summed E-state index contributed by atoms with van der Waals surface area (Å²) in [6.07, 6.45) is 4.82. The molecule has 0 spiro atoms. The first kappa shape index (κ1) is 12.6. The molecule has 1 N–H and O–H groups in total. The number of hydrogen-bond acceptors (Lipinski definition) is 3. The number of aryl methyl sites for hydroxylation is 1. The van der Waals surface area contributed by atoms with Gasteiger partial charge in [0.25, 0.3) is 0 Å². The Morgan fingerprint density at radius 1 is 1.37 bits per heavy atom. The summed E-state index contributed by atoms with van der Waals surface area (Å²) in [5.74, 6) is 2.26. The molecule has 100 valence electrons. The summed E-state index contributed by atoms with van der Waals surface area (Å²) in [5, 5.41) is 4.15. The summed E-state index contributed by atoms with van der Waals surface area (Å²) in [5.41, 5.74) is 2.16. The van der Waals surface area contributed by atoms with Crippen molar-refractivity contribution >= 4 is 23.4 Å². The minimum atomic E-state index is 0.741. The van der Waals surface area contributed by atoms with E-state index >= 15 is 0 Å². The van der Waals surface area contributed by atoms with Crippen LogP contribution in [-0.2, 0) is 6.54 Å². The van der Waals surface area contributed by atoms with Gasteiger partial charge in [-0.15, -0.1) is 0 Å². The lowest BCUT2D eigenvalue weighted by molar-refractivity contribution is 0.643. The second kappa shape index (κ2) is 5.70. The van der Waals surface area contributed by atoms with E-state index in [0.717, 1.165) is 29.1 Å². The Bertz CT molecular complexity index is 530. The number of hydrogen-bond donors (Lipinski definition) is 1. The third-order valence-electron chi connectivity index (χ3n) is 3.35. The Balaban J connectivity index is 1.76. The van der Waals surface area contributed by atoms with E-state index in [9.17, 15) is 0 Å². The van der Waals surface area contributed by atoms with Crippen molar-refractivity contribution < 1.29 is 0 Å². The van der Waals surface area contributed by atoms with Gasteiger partial charge < -0.3 is 9.88 Å². The van der Waals surface area contributed by atoms with Crippen LogP contribution >= 0.6 is 11.8 Å². The van der Waals surface area contributed by atoms with Crippen LogP contribution in [0.5, 0.6) is 0 Å². The van der Waals surface area contributed by atoms with Crippen molar-refractivity contribution in [2.75, 3.05) is 11.1 Å². The molecule has 19 heavy (non-hydrogen) atoms. The monoisotopic (exact) mass is 273 g/mol. The number of rotatable bonds is 4. The van der Waals surface area contributed by atoms with Gasteiger partial charge in [-0.05, 0) is 37.7 Å². The number of anilines is 2. The van der Waals surface area contributed by atoms with Crippen LogP contribution in [-0.4, -0.2) is 20.6 Å². The fourth-order valence-corrected chi connectivity index (χ4v) is 3.71. The van der Waals surface area contributed by atoms with Crippen LogP contribution < -0.4 is 5.32 Å². The summed E-state index contributed by atoms with van der Waals surface area (Å²) < 4.78 is 2.26. The molecular weight excluding hydrogens is 254 g/mol. The van der Waals surface area contributed by atoms with Gasteiger partial charge in [0.2, 0.25) is 5.95 Å². The van der Waals surface area contributed by atoms with Crippen molar-refractivity contribution in [2.24, 2.45) is 0 Å². The number of nitrogens with zero attached hydrogens (tertiary/aromatic N) is 2. The molecule has 1 aliphatic rings. The van der Waals surface area contributed by atoms with Gasteiger partial charge in [-0.25, -0.2) is 4.98 Å². The molecule has 2 aromatic rings. The third kappa shape index (κ3) is 3.13. The van der Waals surface area contributed by atoms with Crippen molar-refractivity contribution in [2.45, 2.75) is 31.6 Å². The largest absolute Gasteiger partial charge is 0.326 e. The zero-order chi connectivity index (χ0) is 13.1. The number of imidazole rings is 1. The summed E-state index contributed by atoms with van der Waals surface area (Å²) in [6.45, 7) is 3.11. The molecule has 0 amide bonds. The molecule has 4 heteroatoms. The Kier molecular flexibility index (Phi) is 3.78. The van der Waals surface area contributed by atoms with Gasteiger partial charge in [0.1, 0.15) is 0 Å². The van der Waals surface area contributed by atoms with E-state index in [2.05, 4.69) is 51.9 Å². The Morgan fingerprint density at radius 3 is 2.95 bits per heavy atom. The van der Waals surface area contributed by atoms with E-state index in [1.54, 1.807) is 0 Å². The number of para-hydroxylation sites is 1. The average molecular weight is 273 g/mol. The van der Waals surface area contributed by atoms with E-state index in [4.69, 9.17) is 0 Å². The molecule has 2 heterocycles. The Morgan fingerprint density at radius 2 is 2.21 bits per heavy atom. The minimum absolute atomic E-state index is 0.741. The van der Waals surface area contributed by atoms with E-state index in [-0.39, 0.29) is 0 Å². The molecule has 1 aliphatic heterocycles. The predicted octanol–water partition coefficient (Wildman–Crippen LogP) is 3.83. The SMILES string of the molecule is Cc1cn(CC2CCCS2)c(Nc2ccccc2)n1. The molecule has 0 aliphatic carbocycles. The van der Waals surface area contributed by atoms with Gasteiger partial charge in [0, 0.05) is 23.7 Å². The van der Waals surface area contributed by atoms with Crippen LogP contribution in [0.15, 0.2) is 36.5 Å². The third-order valence-corrected chi connectivity index (χ3v) is 4.73. The van der Waals surface area contributed by atoms with E-state index in [1.807, 2.05) is 18.2 Å². The quantitative estimate of drug-likeness (QED) is 0.918. The summed E-state index contributed by atoms with van der Waals surface area (Å²) in [6, 6.07) is 10.2. The van der Waals surface area contributed by atoms with E-state index in [1.165, 1.54) is 18.6 Å². The molecule has 0 radical (unpaired) electrons. The second-order valence-electron chi connectivity index (χ2n) is 4.98. The normalized spacial score (nSPS) is 18.7. The van der Waals surface area contributed by atoms with Gasteiger partial charge >= 0.3 is 0 Å². The molecule has 1 atom stereocenters.